The van der Waals surface area contributed by atoms with Crippen LogP contribution in [-0.4, -0.2) is 4.57 Å². The van der Waals surface area contributed by atoms with Gasteiger partial charge >= 0.3 is 0 Å². The molecule has 0 bridgehead atoms. The Kier molecular flexibility index (Phi) is 5.77. The normalized spacial score (nSPS) is 11.9. The molecule has 0 aliphatic heterocycles. The minimum Gasteiger partial charge on any atom is -0.354 e. The summed E-state index contributed by atoms with van der Waals surface area (Å²) in [5.41, 5.74) is 5.24. The molecule has 0 spiro atoms. The van der Waals surface area contributed by atoms with Gasteiger partial charge in [-0.05, 0) is 52.8 Å². The zero-order valence-corrected chi connectivity index (χ0v) is 17.8. The van der Waals surface area contributed by atoms with Gasteiger partial charge in [-0.3, -0.25) is 0 Å². The molecule has 0 N–H and O–H groups in total. The Hall–Kier alpha value is -3.81. The van der Waals surface area contributed by atoms with E-state index in [1.807, 2.05) is 25.4 Å². The monoisotopic (exact) mass is 392 g/mol. The van der Waals surface area contributed by atoms with Gasteiger partial charge in [0.25, 0.3) is 0 Å². The van der Waals surface area contributed by atoms with E-state index in [4.69, 9.17) is 0 Å². The van der Waals surface area contributed by atoms with Crippen LogP contribution in [0.5, 0.6) is 0 Å². The molecule has 0 amide bonds. The molecule has 0 saturated carbocycles. The van der Waals surface area contributed by atoms with Crippen molar-refractivity contribution in [2.45, 2.75) is 38.5 Å². The number of hydrogen-bond acceptors (Lipinski definition) is 3. The summed E-state index contributed by atoms with van der Waals surface area (Å²) in [6, 6.07) is 22.2. The average Bonchev–Trinajstić information content (AvgIpc) is 3.15. The molecule has 1 heterocycles. The number of benzene rings is 2. The zero-order valence-electron chi connectivity index (χ0n) is 17.8. The standard InChI is InChI=1S/C26H24N4/c1-26(2,3)22-9-7-18(8-10-22)25(14-23-6-5-11-30(23)4)24-13-20(16-28)19(15-27)12-21(24)17-29/h5-13,25H,14H2,1-4H3. The van der Waals surface area contributed by atoms with Gasteiger partial charge in [0.05, 0.1) is 22.8 Å². The third-order valence-corrected chi connectivity index (χ3v) is 5.57. The van der Waals surface area contributed by atoms with Crippen LogP contribution in [0.2, 0.25) is 0 Å². The van der Waals surface area contributed by atoms with Crippen LogP contribution in [0.4, 0.5) is 0 Å². The summed E-state index contributed by atoms with van der Waals surface area (Å²) in [5.74, 6) is -0.109. The first-order chi connectivity index (χ1) is 14.3. The van der Waals surface area contributed by atoms with Gasteiger partial charge in [-0.25, -0.2) is 0 Å². The third kappa shape index (κ3) is 4.12. The lowest BCUT2D eigenvalue weighted by Crippen LogP contribution is -2.13. The first kappa shape index (κ1) is 20.9. The van der Waals surface area contributed by atoms with Crippen molar-refractivity contribution in [3.8, 4) is 18.2 Å². The van der Waals surface area contributed by atoms with Gasteiger partial charge in [-0.15, -0.1) is 0 Å². The van der Waals surface area contributed by atoms with Crippen LogP contribution >= 0.6 is 0 Å². The Morgan fingerprint density at radius 1 is 0.867 bits per heavy atom. The van der Waals surface area contributed by atoms with Crippen LogP contribution < -0.4 is 0 Å². The van der Waals surface area contributed by atoms with Crippen LogP contribution in [0.15, 0.2) is 54.7 Å². The molecule has 0 aliphatic carbocycles. The predicted octanol–water partition coefficient (Wildman–Crippen LogP) is 5.31. The summed E-state index contributed by atoms with van der Waals surface area (Å²) in [6.45, 7) is 6.53. The second-order valence-electron chi connectivity index (χ2n) is 8.56. The Labute approximate surface area is 178 Å². The zero-order chi connectivity index (χ0) is 21.9. The van der Waals surface area contributed by atoms with E-state index in [0.29, 0.717) is 17.5 Å². The van der Waals surface area contributed by atoms with Gasteiger partial charge in [0.15, 0.2) is 0 Å². The maximum absolute atomic E-state index is 9.78. The molecular formula is C26H24N4. The molecule has 1 atom stereocenters. The average molecular weight is 393 g/mol. The molecule has 30 heavy (non-hydrogen) atoms. The number of rotatable bonds is 4. The first-order valence-corrected chi connectivity index (χ1v) is 9.87. The molecule has 4 nitrogen and oxygen atoms in total. The number of nitriles is 3. The van der Waals surface area contributed by atoms with Crippen molar-refractivity contribution >= 4 is 0 Å². The maximum atomic E-state index is 9.78. The highest BCUT2D eigenvalue weighted by Crippen LogP contribution is 2.34. The van der Waals surface area contributed by atoms with E-state index < -0.39 is 0 Å². The molecule has 3 aromatic rings. The van der Waals surface area contributed by atoms with E-state index in [9.17, 15) is 15.8 Å². The fourth-order valence-electron chi connectivity index (χ4n) is 3.73. The SMILES string of the molecule is Cn1cccc1CC(c1ccc(C(C)(C)C)cc1)c1cc(C#N)c(C#N)cc1C#N. The quantitative estimate of drug-likeness (QED) is 0.603. The summed E-state index contributed by atoms with van der Waals surface area (Å²) in [4.78, 5) is 0. The Morgan fingerprint density at radius 3 is 1.97 bits per heavy atom. The topological polar surface area (TPSA) is 76.3 Å². The highest BCUT2D eigenvalue weighted by molar-refractivity contribution is 5.56. The van der Waals surface area contributed by atoms with Crippen LogP contribution in [0, 0.1) is 34.0 Å². The molecular weight excluding hydrogens is 368 g/mol. The van der Waals surface area contributed by atoms with E-state index in [-0.39, 0.29) is 16.9 Å². The lowest BCUT2D eigenvalue weighted by atomic mass is 9.81. The number of aromatic nitrogens is 1. The lowest BCUT2D eigenvalue weighted by Gasteiger charge is -2.23. The molecule has 3 rings (SSSR count). The highest BCUT2D eigenvalue weighted by Gasteiger charge is 2.23. The van der Waals surface area contributed by atoms with Crippen molar-refractivity contribution in [3.05, 3.63) is 93.8 Å². The molecule has 1 unspecified atom stereocenters. The Bertz CT molecular complexity index is 1190. The predicted molar refractivity (Wildman–Crippen MR) is 117 cm³/mol. The van der Waals surface area contributed by atoms with Crippen molar-refractivity contribution < 1.29 is 0 Å². The van der Waals surface area contributed by atoms with Gasteiger partial charge in [0.2, 0.25) is 0 Å². The van der Waals surface area contributed by atoms with Crippen LogP contribution in [-0.2, 0) is 18.9 Å². The fraction of sp³-hybridized carbons (Fsp3) is 0.269. The van der Waals surface area contributed by atoms with Gasteiger partial charge in [-0.1, -0.05) is 45.0 Å². The summed E-state index contributed by atoms with van der Waals surface area (Å²) in [7, 11) is 2.00. The molecule has 0 fully saturated rings. The van der Waals surface area contributed by atoms with Gasteiger partial charge in [-0.2, -0.15) is 15.8 Å². The molecule has 0 aliphatic rings. The molecule has 1 aromatic heterocycles. The van der Waals surface area contributed by atoms with Crippen molar-refractivity contribution in [3.63, 3.8) is 0 Å². The molecule has 0 saturated heterocycles. The highest BCUT2D eigenvalue weighted by atomic mass is 14.9. The maximum Gasteiger partial charge on any atom is 0.101 e. The molecule has 148 valence electrons. The van der Waals surface area contributed by atoms with Gasteiger partial charge < -0.3 is 4.57 Å². The van der Waals surface area contributed by atoms with E-state index in [1.54, 1.807) is 6.07 Å². The summed E-state index contributed by atoms with van der Waals surface area (Å²) >= 11 is 0. The second-order valence-corrected chi connectivity index (χ2v) is 8.56. The Morgan fingerprint density at radius 2 is 1.47 bits per heavy atom. The van der Waals surface area contributed by atoms with Crippen molar-refractivity contribution in [2.24, 2.45) is 7.05 Å². The fourth-order valence-corrected chi connectivity index (χ4v) is 3.73. The Balaban J connectivity index is 2.18. The molecule has 0 radical (unpaired) electrons. The number of nitrogens with zero attached hydrogens (tertiary/aromatic N) is 4. The van der Waals surface area contributed by atoms with Crippen molar-refractivity contribution in [1.29, 1.82) is 15.8 Å². The minimum absolute atomic E-state index is 0.0480. The van der Waals surface area contributed by atoms with E-state index in [0.717, 1.165) is 16.8 Å². The number of hydrogen-bond donors (Lipinski definition) is 0. The summed E-state index contributed by atoms with van der Waals surface area (Å²) in [5, 5.41) is 28.7. The minimum atomic E-state index is -0.109. The van der Waals surface area contributed by atoms with Crippen molar-refractivity contribution in [1.82, 2.24) is 4.57 Å². The molecule has 4 heteroatoms. The van der Waals surface area contributed by atoms with E-state index >= 15 is 0 Å². The number of aryl methyl sites for hydroxylation is 1. The van der Waals surface area contributed by atoms with Crippen LogP contribution in [0.25, 0.3) is 0 Å². The summed E-state index contributed by atoms with van der Waals surface area (Å²) < 4.78 is 2.07. The third-order valence-electron chi connectivity index (χ3n) is 5.57. The van der Waals surface area contributed by atoms with E-state index in [2.05, 4.69) is 67.8 Å². The van der Waals surface area contributed by atoms with Crippen LogP contribution in [0.1, 0.15) is 65.8 Å². The smallest absolute Gasteiger partial charge is 0.101 e. The molecule has 2 aromatic carbocycles. The first-order valence-electron chi connectivity index (χ1n) is 9.87. The van der Waals surface area contributed by atoms with Gasteiger partial charge in [0, 0.05) is 24.9 Å². The summed E-state index contributed by atoms with van der Waals surface area (Å²) in [6.07, 6.45) is 2.68. The van der Waals surface area contributed by atoms with Crippen LogP contribution in [0.3, 0.4) is 0 Å². The van der Waals surface area contributed by atoms with Gasteiger partial charge in [0.1, 0.15) is 12.1 Å². The lowest BCUT2D eigenvalue weighted by molar-refractivity contribution is 0.589. The van der Waals surface area contributed by atoms with E-state index in [1.165, 1.54) is 11.6 Å². The second kappa shape index (κ2) is 8.28. The van der Waals surface area contributed by atoms with Crippen molar-refractivity contribution in [2.75, 3.05) is 0 Å². The largest absolute Gasteiger partial charge is 0.354 e.